The van der Waals surface area contributed by atoms with Crippen LogP contribution < -0.4 is 10.6 Å². The molecule has 1 unspecified atom stereocenters. The van der Waals surface area contributed by atoms with E-state index in [1.807, 2.05) is 0 Å². The van der Waals surface area contributed by atoms with E-state index in [0.29, 0.717) is 5.92 Å². The van der Waals surface area contributed by atoms with E-state index in [1.54, 1.807) is 6.20 Å². The summed E-state index contributed by atoms with van der Waals surface area (Å²) < 4.78 is 34.0. The van der Waals surface area contributed by atoms with E-state index in [-0.39, 0.29) is 22.9 Å². The molecule has 13 nitrogen and oxygen atoms in total. The highest BCUT2D eigenvalue weighted by Gasteiger charge is 2.47. The molecule has 5 rings (SSSR count). The number of hydrogen-bond donors (Lipinski definition) is 4. The maximum Gasteiger partial charge on any atom is 0.256 e. The molecule has 3 aromatic rings. The van der Waals surface area contributed by atoms with Crippen molar-refractivity contribution in [3.63, 3.8) is 0 Å². The molecule has 1 saturated carbocycles. The summed E-state index contributed by atoms with van der Waals surface area (Å²) in [6.07, 6.45) is -3.19. The number of alkyl halides is 2. The second-order valence-corrected chi connectivity index (χ2v) is 7.87. The van der Waals surface area contributed by atoms with Crippen molar-refractivity contribution in [3.8, 4) is 5.95 Å². The second kappa shape index (κ2) is 8.24. The van der Waals surface area contributed by atoms with Gasteiger partial charge in [-0.2, -0.15) is 14.6 Å². The average molecular weight is 465 g/mol. The summed E-state index contributed by atoms with van der Waals surface area (Å²) in [7, 11) is 1.37. The van der Waals surface area contributed by atoms with E-state index in [1.165, 1.54) is 22.6 Å². The van der Waals surface area contributed by atoms with Crippen LogP contribution in [0, 0.1) is 0 Å². The third-order valence-electron chi connectivity index (χ3n) is 5.56. The van der Waals surface area contributed by atoms with Gasteiger partial charge in [-0.1, -0.05) is 5.21 Å². The molecular formula is C18H21F2N9O4. The second-order valence-electron chi connectivity index (χ2n) is 7.87. The number of aliphatic hydroxyl groups is 2. The lowest BCUT2D eigenvalue weighted by atomic mass is 10.1. The fourth-order valence-corrected chi connectivity index (χ4v) is 3.68. The van der Waals surface area contributed by atoms with Gasteiger partial charge in [-0.3, -0.25) is 9.36 Å². The van der Waals surface area contributed by atoms with Crippen molar-refractivity contribution in [1.82, 2.24) is 39.8 Å². The molecule has 1 amide bonds. The number of imidazole rings is 1. The largest absolute Gasteiger partial charge is 0.387 e. The number of anilines is 1. The molecule has 3 aromatic heterocycles. The summed E-state index contributed by atoms with van der Waals surface area (Å²) in [5, 5.41) is 33.8. The number of nitrogens with zero attached hydrogens (tertiary/aromatic N) is 7. The van der Waals surface area contributed by atoms with E-state index < -0.39 is 43.4 Å². The van der Waals surface area contributed by atoms with Gasteiger partial charge in [-0.05, 0) is 12.8 Å². The molecule has 4 heterocycles. The van der Waals surface area contributed by atoms with Crippen LogP contribution in [0.15, 0.2) is 12.5 Å². The molecule has 2 fully saturated rings. The van der Waals surface area contributed by atoms with Crippen LogP contribution in [0.4, 0.5) is 14.6 Å². The van der Waals surface area contributed by atoms with Gasteiger partial charge >= 0.3 is 0 Å². The summed E-state index contributed by atoms with van der Waals surface area (Å²) >= 11 is 0. The number of halogens is 2. The van der Waals surface area contributed by atoms with E-state index in [9.17, 15) is 23.8 Å². The molecule has 0 bridgehead atoms. The standard InChI is InChI=1S/C18H21F2N9O4/c1-21-16(32)13-11(30)12(31)17(33-13)28-6-23-10-14(22-4-9(19)20)24-18(25-15(10)28)29-5-8(26-27-29)7-2-3-7/h5-7,9,11-13,17,30-31H,2-4H2,1H3,(H,21,32)(H,22,24,25)/t11-,12+,13-,17?/m0/s1. The molecule has 2 aliphatic rings. The third-order valence-corrected chi connectivity index (χ3v) is 5.56. The number of carbonyl (C=O) groups is 1. The van der Waals surface area contributed by atoms with Crippen LogP contribution in [0.2, 0.25) is 0 Å². The Kier molecular flexibility index (Phi) is 5.38. The maximum atomic E-state index is 12.9. The zero-order valence-corrected chi connectivity index (χ0v) is 17.3. The molecule has 1 aliphatic carbocycles. The van der Waals surface area contributed by atoms with Crippen LogP contribution >= 0.6 is 0 Å². The molecule has 0 aromatic carbocycles. The maximum absolute atomic E-state index is 12.9. The number of carbonyl (C=O) groups excluding carboxylic acids is 1. The van der Waals surface area contributed by atoms with Crippen molar-refractivity contribution < 1.29 is 28.5 Å². The molecule has 176 valence electrons. The quantitative estimate of drug-likeness (QED) is 0.351. The Bertz CT molecular complexity index is 1180. The van der Waals surface area contributed by atoms with Gasteiger partial charge < -0.3 is 25.6 Å². The van der Waals surface area contributed by atoms with E-state index in [0.717, 1.165) is 18.5 Å². The normalized spacial score (nSPS) is 25.2. The molecule has 15 heteroatoms. The number of hydrogen-bond acceptors (Lipinski definition) is 10. The van der Waals surface area contributed by atoms with Crippen LogP contribution in [-0.4, -0.2) is 89.0 Å². The summed E-state index contributed by atoms with van der Waals surface area (Å²) in [4.78, 5) is 24.9. The number of rotatable bonds is 7. The number of fused-ring (bicyclic) bond motifs is 1. The first kappa shape index (κ1) is 21.5. The number of nitrogens with one attached hydrogen (secondary N) is 2. The molecule has 33 heavy (non-hydrogen) atoms. The Labute approximate surface area is 184 Å². The summed E-state index contributed by atoms with van der Waals surface area (Å²) in [5.41, 5.74) is 1.03. The smallest absolute Gasteiger partial charge is 0.256 e. The van der Waals surface area contributed by atoms with Gasteiger partial charge in [0, 0.05) is 13.0 Å². The van der Waals surface area contributed by atoms with Crippen molar-refractivity contribution in [1.29, 1.82) is 0 Å². The summed E-state index contributed by atoms with van der Waals surface area (Å²) in [6.45, 7) is -0.677. The third kappa shape index (κ3) is 3.87. The molecule has 4 atom stereocenters. The van der Waals surface area contributed by atoms with Crippen molar-refractivity contribution in [3.05, 3.63) is 18.2 Å². The molecule has 1 saturated heterocycles. The Morgan fingerprint density at radius 1 is 1.30 bits per heavy atom. The topological polar surface area (TPSA) is 165 Å². The average Bonchev–Trinajstić information content (AvgIpc) is 3.25. The number of aromatic nitrogens is 7. The Morgan fingerprint density at radius 3 is 2.79 bits per heavy atom. The van der Waals surface area contributed by atoms with Crippen LogP contribution in [0.3, 0.4) is 0 Å². The predicted molar refractivity (Wildman–Crippen MR) is 107 cm³/mol. The van der Waals surface area contributed by atoms with Crippen LogP contribution in [0.1, 0.15) is 30.7 Å². The minimum Gasteiger partial charge on any atom is -0.387 e. The van der Waals surface area contributed by atoms with Gasteiger partial charge in [-0.15, -0.1) is 5.10 Å². The Balaban J connectivity index is 1.57. The number of likely N-dealkylation sites (N-methyl/N-ethyl adjacent to an activating group) is 1. The van der Waals surface area contributed by atoms with Gasteiger partial charge in [0.05, 0.1) is 24.8 Å². The van der Waals surface area contributed by atoms with Gasteiger partial charge in [0.2, 0.25) is 0 Å². The molecular weight excluding hydrogens is 444 g/mol. The van der Waals surface area contributed by atoms with Crippen LogP contribution in [0.25, 0.3) is 17.1 Å². The minimum absolute atomic E-state index is 0.0217. The number of ether oxygens (including phenoxy) is 1. The fraction of sp³-hybridized carbons (Fsp3) is 0.556. The highest BCUT2D eigenvalue weighted by molar-refractivity contribution is 5.84. The van der Waals surface area contributed by atoms with E-state index >= 15 is 0 Å². The first-order chi connectivity index (χ1) is 15.9. The Morgan fingerprint density at radius 2 is 2.09 bits per heavy atom. The number of aliphatic hydroxyl groups excluding tert-OH is 2. The first-order valence-corrected chi connectivity index (χ1v) is 10.3. The van der Waals surface area contributed by atoms with E-state index in [2.05, 4.69) is 35.9 Å². The lowest BCUT2D eigenvalue weighted by molar-refractivity contribution is -0.137. The highest BCUT2D eigenvalue weighted by Crippen LogP contribution is 2.39. The van der Waals surface area contributed by atoms with Crippen molar-refractivity contribution in [2.24, 2.45) is 0 Å². The van der Waals surface area contributed by atoms with Gasteiger partial charge in [-0.25, -0.2) is 13.8 Å². The number of amides is 1. The summed E-state index contributed by atoms with van der Waals surface area (Å²) in [6, 6.07) is 0. The monoisotopic (exact) mass is 465 g/mol. The van der Waals surface area contributed by atoms with Crippen molar-refractivity contribution in [2.75, 3.05) is 18.9 Å². The fourth-order valence-electron chi connectivity index (χ4n) is 3.68. The lowest BCUT2D eigenvalue weighted by Gasteiger charge is -2.17. The first-order valence-electron chi connectivity index (χ1n) is 10.3. The van der Waals surface area contributed by atoms with Gasteiger partial charge in [0.15, 0.2) is 29.3 Å². The zero-order chi connectivity index (χ0) is 23.3. The van der Waals surface area contributed by atoms with Crippen LogP contribution in [-0.2, 0) is 9.53 Å². The van der Waals surface area contributed by atoms with Crippen molar-refractivity contribution in [2.45, 2.75) is 49.7 Å². The minimum atomic E-state index is -2.64. The van der Waals surface area contributed by atoms with Gasteiger partial charge in [0.1, 0.15) is 12.2 Å². The van der Waals surface area contributed by atoms with Gasteiger partial charge in [0.25, 0.3) is 18.3 Å². The zero-order valence-electron chi connectivity index (χ0n) is 17.3. The molecule has 0 radical (unpaired) electrons. The Hall–Kier alpha value is -3.30. The summed E-state index contributed by atoms with van der Waals surface area (Å²) in [5.74, 6) is -0.224. The van der Waals surface area contributed by atoms with E-state index in [4.69, 9.17) is 4.74 Å². The highest BCUT2D eigenvalue weighted by atomic mass is 19.3. The molecule has 1 aliphatic heterocycles. The molecule has 4 N–H and O–H groups in total. The van der Waals surface area contributed by atoms with Crippen LogP contribution in [0.5, 0.6) is 0 Å². The SMILES string of the molecule is CNC(=O)[C@H]1OC(n2cnc3c(NCC(F)F)nc(-n4cc(C5CC5)nn4)nc32)[C@H](O)[C@@H]1O. The van der Waals surface area contributed by atoms with Crippen molar-refractivity contribution >= 4 is 22.9 Å². The predicted octanol–water partition coefficient (Wildman–Crippen LogP) is -0.673. The molecule has 0 spiro atoms. The lowest BCUT2D eigenvalue weighted by Crippen LogP contribution is -2.41.